The molecular weight excluding hydrogens is 354 g/mol. The Bertz CT molecular complexity index is 1140. The van der Waals surface area contributed by atoms with Crippen LogP contribution < -0.4 is 10.6 Å². The number of fused-ring (bicyclic) bond motifs is 1. The number of anilines is 4. The fourth-order valence-electron chi connectivity index (χ4n) is 2.80. The molecule has 0 atom stereocenters. The summed E-state index contributed by atoms with van der Waals surface area (Å²) in [6, 6.07) is 18.5. The molecule has 0 fully saturated rings. The molecule has 0 amide bonds. The second kappa shape index (κ2) is 7.71. The van der Waals surface area contributed by atoms with Gasteiger partial charge in [0.05, 0.1) is 23.9 Å². The van der Waals surface area contributed by atoms with Gasteiger partial charge in [0.15, 0.2) is 0 Å². The van der Waals surface area contributed by atoms with Crippen molar-refractivity contribution < 1.29 is 9.53 Å². The first-order chi connectivity index (χ1) is 13.7. The minimum Gasteiger partial charge on any atom is -0.465 e. The van der Waals surface area contributed by atoms with Crippen LogP contribution in [0.1, 0.15) is 10.4 Å². The van der Waals surface area contributed by atoms with Crippen LogP contribution in [-0.4, -0.2) is 28.0 Å². The number of carbonyl (C=O) groups is 1. The van der Waals surface area contributed by atoms with Gasteiger partial charge in [0.25, 0.3) is 0 Å². The zero-order valence-electron chi connectivity index (χ0n) is 15.1. The zero-order valence-corrected chi connectivity index (χ0v) is 15.1. The molecule has 138 valence electrons. The molecule has 4 rings (SSSR count). The molecule has 2 N–H and O–H groups in total. The number of aromatic nitrogens is 3. The quantitative estimate of drug-likeness (QED) is 0.506. The third-order valence-corrected chi connectivity index (χ3v) is 4.09. The van der Waals surface area contributed by atoms with E-state index in [2.05, 4.69) is 25.6 Å². The van der Waals surface area contributed by atoms with E-state index in [0.717, 1.165) is 22.3 Å². The Morgan fingerprint density at radius 2 is 1.79 bits per heavy atom. The van der Waals surface area contributed by atoms with Gasteiger partial charge in [-0.1, -0.05) is 24.3 Å². The second-order valence-electron chi connectivity index (χ2n) is 5.97. The summed E-state index contributed by atoms with van der Waals surface area (Å²) in [4.78, 5) is 24.9. The molecule has 0 aliphatic carbocycles. The number of pyridine rings is 1. The maximum Gasteiger partial charge on any atom is 0.337 e. The summed E-state index contributed by atoms with van der Waals surface area (Å²) in [5, 5.41) is 7.41. The predicted molar refractivity (Wildman–Crippen MR) is 108 cm³/mol. The average molecular weight is 371 g/mol. The third kappa shape index (κ3) is 3.73. The number of carbonyl (C=O) groups excluding carboxylic acids is 1. The van der Waals surface area contributed by atoms with Gasteiger partial charge in [0.2, 0.25) is 5.95 Å². The molecule has 7 nitrogen and oxygen atoms in total. The van der Waals surface area contributed by atoms with Gasteiger partial charge >= 0.3 is 5.97 Å². The molecule has 0 radical (unpaired) electrons. The van der Waals surface area contributed by atoms with E-state index in [1.54, 1.807) is 36.7 Å². The number of hydrogen-bond donors (Lipinski definition) is 2. The highest BCUT2D eigenvalue weighted by Gasteiger charge is 2.08. The van der Waals surface area contributed by atoms with E-state index < -0.39 is 5.97 Å². The molecule has 4 aromatic rings. The first-order valence-electron chi connectivity index (χ1n) is 8.62. The van der Waals surface area contributed by atoms with Gasteiger partial charge in [-0.2, -0.15) is 4.98 Å². The number of hydrogen-bond acceptors (Lipinski definition) is 7. The smallest absolute Gasteiger partial charge is 0.337 e. The lowest BCUT2D eigenvalue weighted by Gasteiger charge is -2.10. The van der Waals surface area contributed by atoms with Crippen LogP contribution in [0.5, 0.6) is 0 Å². The highest BCUT2D eigenvalue weighted by molar-refractivity contribution is 5.92. The standard InChI is InChI=1S/C21H17N5O2/c1-28-20(27)15-6-2-8-16(13-15)24-18-10-12-23-21(26-18)25-17-9-3-5-14-7-4-11-22-19(14)17/h2-13H,1H3,(H2,23,24,25,26). The molecule has 0 aliphatic heterocycles. The van der Waals surface area contributed by atoms with Crippen LogP contribution in [0.4, 0.5) is 23.1 Å². The third-order valence-electron chi connectivity index (χ3n) is 4.09. The van der Waals surface area contributed by atoms with E-state index in [1.807, 2.05) is 36.4 Å². The van der Waals surface area contributed by atoms with Crippen molar-refractivity contribution >= 4 is 40.0 Å². The fourth-order valence-corrected chi connectivity index (χ4v) is 2.80. The molecule has 0 saturated carbocycles. The predicted octanol–water partition coefficient (Wildman–Crippen LogP) is 4.30. The zero-order chi connectivity index (χ0) is 19.3. The highest BCUT2D eigenvalue weighted by atomic mass is 16.5. The number of esters is 1. The first-order valence-corrected chi connectivity index (χ1v) is 8.62. The van der Waals surface area contributed by atoms with Crippen molar-refractivity contribution in [1.82, 2.24) is 15.0 Å². The van der Waals surface area contributed by atoms with Gasteiger partial charge in [0, 0.05) is 23.5 Å². The Morgan fingerprint density at radius 1 is 0.929 bits per heavy atom. The van der Waals surface area contributed by atoms with Crippen LogP contribution >= 0.6 is 0 Å². The lowest BCUT2D eigenvalue weighted by molar-refractivity contribution is 0.0601. The van der Waals surface area contributed by atoms with Crippen LogP contribution in [-0.2, 0) is 4.74 Å². The van der Waals surface area contributed by atoms with Gasteiger partial charge in [-0.15, -0.1) is 0 Å². The van der Waals surface area contributed by atoms with Crippen LogP contribution in [0, 0.1) is 0 Å². The number of methoxy groups -OCH3 is 1. The number of nitrogens with one attached hydrogen (secondary N) is 2. The van der Waals surface area contributed by atoms with E-state index in [0.29, 0.717) is 17.3 Å². The monoisotopic (exact) mass is 371 g/mol. The molecule has 0 saturated heterocycles. The SMILES string of the molecule is COC(=O)c1cccc(Nc2ccnc(Nc3cccc4cccnc34)n2)c1. The Kier molecular flexibility index (Phi) is 4.79. The van der Waals surface area contributed by atoms with Gasteiger partial charge in [-0.25, -0.2) is 9.78 Å². The molecule has 0 bridgehead atoms. The minimum absolute atomic E-state index is 0.392. The van der Waals surface area contributed by atoms with Gasteiger partial charge in [0.1, 0.15) is 5.82 Å². The molecule has 0 aliphatic rings. The van der Waals surface area contributed by atoms with Crippen molar-refractivity contribution in [2.45, 2.75) is 0 Å². The number of rotatable bonds is 5. The molecule has 7 heteroatoms. The summed E-state index contributed by atoms with van der Waals surface area (Å²) in [6.45, 7) is 0. The van der Waals surface area contributed by atoms with E-state index in [9.17, 15) is 4.79 Å². The minimum atomic E-state index is -0.392. The van der Waals surface area contributed by atoms with Gasteiger partial charge in [-0.3, -0.25) is 4.98 Å². The fraction of sp³-hybridized carbons (Fsp3) is 0.0476. The Labute approximate surface area is 161 Å². The summed E-state index contributed by atoms with van der Waals surface area (Å²) < 4.78 is 4.75. The lowest BCUT2D eigenvalue weighted by Crippen LogP contribution is -2.03. The second-order valence-corrected chi connectivity index (χ2v) is 5.97. The van der Waals surface area contributed by atoms with Crippen LogP contribution in [0.25, 0.3) is 10.9 Å². The normalized spacial score (nSPS) is 10.5. The van der Waals surface area contributed by atoms with Crippen molar-refractivity contribution in [1.29, 1.82) is 0 Å². The number of ether oxygens (including phenoxy) is 1. The maximum atomic E-state index is 11.7. The van der Waals surface area contributed by atoms with E-state index in [-0.39, 0.29) is 0 Å². The topological polar surface area (TPSA) is 89.0 Å². The maximum absolute atomic E-state index is 11.7. The number of para-hydroxylation sites is 1. The van der Waals surface area contributed by atoms with Gasteiger partial charge < -0.3 is 15.4 Å². The van der Waals surface area contributed by atoms with Crippen LogP contribution in [0.2, 0.25) is 0 Å². The molecule has 2 aromatic carbocycles. The largest absolute Gasteiger partial charge is 0.465 e. The van der Waals surface area contributed by atoms with Crippen molar-refractivity contribution in [2.75, 3.05) is 17.7 Å². The van der Waals surface area contributed by atoms with Gasteiger partial charge in [-0.05, 0) is 36.4 Å². The van der Waals surface area contributed by atoms with Crippen molar-refractivity contribution in [3.8, 4) is 0 Å². The van der Waals surface area contributed by atoms with Crippen LogP contribution in [0.3, 0.4) is 0 Å². The Balaban J connectivity index is 1.57. The Hall–Kier alpha value is -4.00. The summed E-state index contributed by atoms with van der Waals surface area (Å²) in [7, 11) is 1.35. The van der Waals surface area contributed by atoms with Crippen molar-refractivity contribution in [3.63, 3.8) is 0 Å². The van der Waals surface area contributed by atoms with Crippen molar-refractivity contribution in [3.05, 3.63) is 78.6 Å². The summed E-state index contributed by atoms with van der Waals surface area (Å²) in [6.07, 6.45) is 3.40. The van der Waals surface area contributed by atoms with E-state index in [1.165, 1.54) is 7.11 Å². The van der Waals surface area contributed by atoms with Crippen LogP contribution in [0.15, 0.2) is 73.1 Å². The average Bonchev–Trinajstić information content (AvgIpc) is 2.74. The number of benzene rings is 2. The molecule has 0 unspecified atom stereocenters. The molecule has 2 aromatic heterocycles. The summed E-state index contributed by atoms with van der Waals surface area (Å²) in [5.74, 6) is 0.636. The molecule has 28 heavy (non-hydrogen) atoms. The summed E-state index contributed by atoms with van der Waals surface area (Å²) >= 11 is 0. The Morgan fingerprint density at radius 3 is 2.68 bits per heavy atom. The molecule has 0 spiro atoms. The molecular formula is C21H17N5O2. The van der Waals surface area contributed by atoms with E-state index in [4.69, 9.17) is 4.74 Å². The number of nitrogens with zero attached hydrogens (tertiary/aromatic N) is 3. The lowest BCUT2D eigenvalue weighted by atomic mass is 10.2. The van der Waals surface area contributed by atoms with E-state index >= 15 is 0 Å². The first kappa shape index (κ1) is 17.4. The summed E-state index contributed by atoms with van der Waals surface area (Å²) in [5.41, 5.74) is 2.85. The highest BCUT2D eigenvalue weighted by Crippen LogP contribution is 2.24. The van der Waals surface area contributed by atoms with Crippen molar-refractivity contribution in [2.24, 2.45) is 0 Å². The molecule has 2 heterocycles.